The van der Waals surface area contributed by atoms with E-state index in [1.807, 2.05) is 42.7 Å². The molecule has 0 spiro atoms. The van der Waals surface area contributed by atoms with Crippen LogP contribution in [0.4, 0.5) is 11.4 Å². The van der Waals surface area contributed by atoms with Crippen molar-refractivity contribution in [3.05, 3.63) is 54.4 Å². The molecule has 1 aromatic heterocycles. The van der Waals surface area contributed by atoms with E-state index in [9.17, 15) is 4.79 Å². The van der Waals surface area contributed by atoms with Crippen molar-refractivity contribution in [1.82, 2.24) is 15.1 Å². The van der Waals surface area contributed by atoms with E-state index in [1.54, 1.807) is 7.11 Å². The van der Waals surface area contributed by atoms with Crippen molar-refractivity contribution < 1.29 is 14.3 Å². The SMILES string of the molecule is COc1ccc2c(c1)C[C@H](C(=O)Nc1ccc(-c3cn[nH]c3)cc1N1CCC(N(C)C)CC1)CO2. The van der Waals surface area contributed by atoms with Crippen molar-refractivity contribution >= 4 is 17.3 Å². The number of ether oxygens (including phenoxy) is 2. The van der Waals surface area contributed by atoms with Gasteiger partial charge in [0.25, 0.3) is 0 Å². The average Bonchev–Trinajstić information content (AvgIpc) is 3.43. The molecule has 1 amide bonds. The average molecular weight is 476 g/mol. The number of piperidine rings is 1. The highest BCUT2D eigenvalue weighted by atomic mass is 16.5. The lowest BCUT2D eigenvalue weighted by Crippen LogP contribution is -2.42. The Hall–Kier alpha value is -3.52. The number of methoxy groups -OCH3 is 1. The lowest BCUT2D eigenvalue weighted by molar-refractivity contribution is -0.121. The number of amides is 1. The number of H-pyrrole nitrogens is 1. The summed E-state index contributed by atoms with van der Waals surface area (Å²) in [4.78, 5) is 18.0. The molecule has 1 saturated heterocycles. The third kappa shape index (κ3) is 4.98. The molecule has 35 heavy (non-hydrogen) atoms. The molecule has 5 rings (SSSR count). The van der Waals surface area contributed by atoms with Gasteiger partial charge in [-0.1, -0.05) is 6.07 Å². The summed E-state index contributed by atoms with van der Waals surface area (Å²) >= 11 is 0. The molecule has 0 saturated carbocycles. The lowest BCUT2D eigenvalue weighted by Gasteiger charge is -2.37. The Bertz CT molecular complexity index is 1170. The van der Waals surface area contributed by atoms with Crippen molar-refractivity contribution in [1.29, 1.82) is 0 Å². The standard InChI is InChI=1S/C27H33N5O3/c1-31(2)22-8-10-32(11-9-22)25-14-18(21-15-28-29-16-21)4-6-24(25)30-27(33)20-12-19-13-23(34-3)5-7-26(19)35-17-20/h4-7,13-16,20,22H,8-12,17H2,1-3H3,(H,28,29)(H,30,33)/t20-/m0/s1. The minimum absolute atomic E-state index is 0.0287. The molecule has 3 heterocycles. The maximum Gasteiger partial charge on any atom is 0.231 e. The summed E-state index contributed by atoms with van der Waals surface area (Å²) in [7, 11) is 5.93. The highest BCUT2D eigenvalue weighted by Crippen LogP contribution is 2.35. The fourth-order valence-electron chi connectivity index (χ4n) is 5.01. The van der Waals surface area contributed by atoms with Gasteiger partial charge in [0.05, 0.1) is 30.6 Å². The van der Waals surface area contributed by atoms with Crippen LogP contribution in [0.3, 0.4) is 0 Å². The van der Waals surface area contributed by atoms with Gasteiger partial charge in [-0.2, -0.15) is 5.10 Å². The first-order chi connectivity index (χ1) is 17.0. The number of nitrogens with one attached hydrogen (secondary N) is 2. The number of benzene rings is 2. The number of aromatic nitrogens is 2. The van der Waals surface area contributed by atoms with Crippen molar-refractivity contribution in [2.75, 3.05) is 51.1 Å². The zero-order chi connectivity index (χ0) is 24.4. The molecule has 184 valence electrons. The molecule has 2 N–H and O–H groups in total. The van der Waals surface area contributed by atoms with Gasteiger partial charge in [-0.3, -0.25) is 9.89 Å². The van der Waals surface area contributed by atoms with Gasteiger partial charge in [-0.15, -0.1) is 0 Å². The molecule has 1 fully saturated rings. The Balaban J connectivity index is 1.37. The normalized spacial score (nSPS) is 18.2. The third-order valence-electron chi connectivity index (χ3n) is 7.17. The summed E-state index contributed by atoms with van der Waals surface area (Å²) < 4.78 is 11.2. The largest absolute Gasteiger partial charge is 0.497 e. The third-order valence-corrected chi connectivity index (χ3v) is 7.17. The second-order valence-corrected chi connectivity index (χ2v) is 9.58. The molecule has 2 aliphatic rings. The first-order valence-electron chi connectivity index (χ1n) is 12.2. The van der Waals surface area contributed by atoms with E-state index in [1.165, 1.54) is 0 Å². The van der Waals surface area contributed by atoms with E-state index in [-0.39, 0.29) is 11.8 Å². The molecule has 2 aromatic carbocycles. The first-order valence-corrected chi connectivity index (χ1v) is 12.2. The fourth-order valence-corrected chi connectivity index (χ4v) is 5.01. The number of aromatic amines is 1. The summed E-state index contributed by atoms with van der Waals surface area (Å²) in [5, 5.41) is 10.2. The van der Waals surface area contributed by atoms with E-state index in [4.69, 9.17) is 9.47 Å². The molecule has 0 aliphatic carbocycles. The summed E-state index contributed by atoms with van der Waals surface area (Å²) in [5.74, 6) is 1.30. The van der Waals surface area contributed by atoms with Gasteiger partial charge in [0.1, 0.15) is 18.1 Å². The Morgan fingerprint density at radius 3 is 2.71 bits per heavy atom. The van der Waals surface area contributed by atoms with E-state index < -0.39 is 0 Å². The molecule has 3 aromatic rings. The Morgan fingerprint density at radius 2 is 2.00 bits per heavy atom. The second-order valence-electron chi connectivity index (χ2n) is 9.58. The van der Waals surface area contributed by atoms with Crippen LogP contribution in [0.5, 0.6) is 11.5 Å². The quantitative estimate of drug-likeness (QED) is 0.564. The van der Waals surface area contributed by atoms with Crippen molar-refractivity contribution in [2.45, 2.75) is 25.3 Å². The van der Waals surface area contributed by atoms with Crippen LogP contribution in [0.25, 0.3) is 11.1 Å². The van der Waals surface area contributed by atoms with E-state index in [2.05, 4.69) is 45.5 Å². The number of rotatable bonds is 6. The highest BCUT2D eigenvalue weighted by Gasteiger charge is 2.28. The van der Waals surface area contributed by atoms with Gasteiger partial charge in [0.15, 0.2) is 0 Å². The predicted molar refractivity (Wildman–Crippen MR) is 137 cm³/mol. The molecule has 0 unspecified atom stereocenters. The smallest absolute Gasteiger partial charge is 0.231 e. The number of carbonyl (C=O) groups is 1. The fraction of sp³-hybridized carbons (Fsp3) is 0.407. The maximum absolute atomic E-state index is 13.4. The lowest BCUT2D eigenvalue weighted by atomic mass is 9.95. The van der Waals surface area contributed by atoms with Crippen molar-refractivity contribution in [2.24, 2.45) is 5.92 Å². The minimum atomic E-state index is -0.268. The topological polar surface area (TPSA) is 82.7 Å². The first kappa shape index (κ1) is 23.2. The molecular formula is C27H33N5O3. The van der Waals surface area contributed by atoms with Crippen LogP contribution in [0.15, 0.2) is 48.8 Å². The molecule has 0 bridgehead atoms. The van der Waals surface area contributed by atoms with Gasteiger partial charge >= 0.3 is 0 Å². The Labute approximate surface area is 206 Å². The van der Waals surface area contributed by atoms with Crippen LogP contribution in [0, 0.1) is 5.92 Å². The molecule has 1 atom stereocenters. The summed E-state index contributed by atoms with van der Waals surface area (Å²) in [6.07, 6.45) is 6.51. The van der Waals surface area contributed by atoms with Gasteiger partial charge in [-0.05, 0) is 74.8 Å². The Morgan fingerprint density at radius 1 is 1.17 bits per heavy atom. The maximum atomic E-state index is 13.4. The van der Waals surface area contributed by atoms with Crippen LogP contribution < -0.4 is 19.7 Å². The van der Waals surface area contributed by atoms with E-state index in [0.717, 1.165) is 65.5 Å². The summed E-state index contributed by atoms with van der Waals surface area (Å²) in [6, 6.07) is 12.5. The van der Waals surface area contributed by atoms with Gasteiger partial charge < -0.3 is 24.6 Å². The van der Waals surface area contributed by atoms with Crippen LogP contribution in [0.1, 0.15) is 18.4 Å². The second kappa shape index (κ2) is 10.00. The molecule has 2 aliphatic heterocycles. The molecule has 8 heteroatoms. The summed E-state index contributed by atoms with van der Waals surface area (Å²) in [5.41, 5.74) is 4.98. The van der Waals surface area contributed by atoms with Gasteiger partial charge in [0, 0.05) is 30.9 Å². The zero-order valence-corrected chi connectivity index (χ0v) is 20.6. The monoisotopic (exact) mass is 475 g/mol. The van der Waals surface area contributed by atoms with E-state index >= 15 is 0 Å². The highest BCUT2D eigenvalue weighted by molar-refractivity contribution is 5.97. The number of anilines is 2. The van der Waals surface area contributed by atoms with Gasteiger partial charge in [-0.25, -0.2) is 0 Å². The number of hydrogen-bond donors (Lipinski definition) is 2. The van der Waals surface area contributed by atoms with Crippen molar-refractivity contribution in [3.63, 3.8) is 0 Å². The van der Waals surface area contributed by atoms with Gasteiger partial charge in [0.2, 0.25) is 5.91 Å². The number of fused-ring (bicyclic) bond motifs is 1. The predicted octanol–water partition coefficient (Wildman–Crippen LogP) is 3.81. The Kier molecular flexibility index (Phi) is 6.63. The van der Waals surface area contributed by atoms with Crippen LogP contribution in [-0.2, 0) is 11.2 Å². The number of nitrogens with zero attached hydrogens (tertiary/aromatic N) is 3. The van der Waals surface area contributed by atoms with Crippen molar-refractivity contribution in [3.8, 4) is 22.6 Å². The number of carbonyl (C=O) groups excluding carboxylic acids is 1. The molecule has 0 radical (unpaired) electrons. The molecule has 8 nitrogen and oxygen atoms in total. The van der Waals surface area contributed by atoms with E-state index in [0.29, 0.717) is 19.1 Å². The van der Waals surface area contributed by atoms with Crippen LogP contribution >= 0.6 is 0 Å². The molecular weight excluding hydrogens is 442 g/mol. The zero-order valence-electron chi connectivity index (χ0n) is 20.6. The van der Waals surface area contributed by atoms with Crippen LogP contribution in [-0.4, -0.2) is 67.9 Å². The number of hydrogen-bond acceptors (Lipinski definition) is 6. The van der Waals surface area contributed by atoms with Crippen LogP contribution in [0.2, 0.25) is 0 Å². The minimum Gasteiger partial charge on any atom is -0.497 e. The summed E-state index contributed by atoms with van der Waals surface area (Å²) in [6.45, 7) is 2.25.